The molecule has 1 unspecified atom stereocenters. The van der Waals surface area contributed by atoms with Crippen molar-refractivity contribution in [2.45, 2.75) is 25.9 Å². The van der Waals surface area contributed by atoms with E-state index in [2.05, 4.69) is 10.3 Å². The van der Waals surface area contributed by atoms with Gasteiger partial charge in [0.05, 0.1) is 12.6 Å². The Bertz CT molecular complexity index is 580. The highest BCUT2D eigenvalue weighted by atomic mass is 32.1. The van der Waals surface area contributed by atoms with Crippen molar-refractivity contribution in [3.05, 3.63) is 45.9 Å². The van der Waals surface area contributed by atoms with E-state index in [-0.39, 0.29) is 11.7 Å². The largest absolute Gasteiger partial charge is 0.508 e. The first kappa shape index (κ1) is 14.5. The number of thiazole rings is 1. The van der Waals surface area contributed by atoms with Crippen LogP contribution in [0.5, 0.6) is 5.75 Å². The van der Waals surface area contributed by atoms with Gasteiger partial charge in [-0.15, -0.1) is 11.3 Å². The fourth-order valence-electron chi connectivity index (χ4n) is 1.76. The molecule has 1 atom stereocenters. The SMILES string of the molecule is Cc1csc(CNC(=O)C(N)Cc2ccc(O)cc2)n1. The lowest BCUT2D eigenvalue weighted by Crippen LogP contribution is -2.41. The van der Waals surface area contributed by atoms with Crippen molar-refractivity contribution >= 4 is 17.2 Å². The highest BCUT2D eigenvalue weighted by Crippen LogP contribution is 2.11. The molecule has 4 N–H and O–H groups in total. The number of phenolic OH excluding ortho intramolecular Hbond substituents is 1. The summed E-state index contributed by atoms with van der Waals surface area (Å²) in [4.78, 5) is 16.2. The molecule has 0 aliphatic carbocycles. The molecule has 2 rings (SSSR count). The fraction of sp³-hybridized carbons (Fsp3) is 0.286. The third-order valence-electron chi connectivity index (χ3n) is 2.81. The second-order valence-corrected chi connectivity index (χ2v) is 5.52. The molecule has 6 heteroatoms. The summed E-state index contributed by atoms with van der Waals surface area (Å²) in [5.74, 6) is -0.00293. The number of hydrogen-bond donors (Lipinski definition) is 3. The molecule has 2 aromatic rings. The number of carbonyl (C=O) groups is 1. The number of amides is 1. The lowest BCUT2D eigenvalue weighted by Gasteiger charge is -2.11. The van der Waals surface area contributed by atoms with Crippen LogP contribution in [0.15, 0.2) is 29.6 Å². The molecule has 0 radical (unpaired) electrons. The van der Waals surface area contributed by atoms with Gasteiger partial charge in [-0.1, -0.05) is 12.1 Å². The number of rotatable bonds is 5. The van der Waals surface area contributed by atoms with Crippen molar-refractivity contribution < 1.29 is 9.90 Å². The zero-order chi connectivity index (χ0) is 14.5. The van der Waals surface area contributed by atoms with E-state index in [4.69, 9.17) is 5.73 Å². The minimum Gasteiger partial charge on any atom is -0.508 e. The van der Waals surface area contributed by atoms with E-state index in [1.807, 2.05) is 12.3 Å². The monoisotopic (exact) mass is 291 g/mol. The molecular weight excluding hydrogens is 274 g/mol. The zero-order valence-corrected chi connectivity index (χ0v) is 12.0. The maximum Gasteiger partial charge on any atom is 0.237 e. The Morgan fingerprint density at radius 2 is 2.15 bits per heavy atom. The number of nitrogens with one attached hydrogen (secondary N) is 1. The second-order valence-electron chi connectivity index (χ2n) is 4.58. The molecule has 1 aromatic heterocycles. The molecule has 106 valence electrons. The summed E-state index contributed by atoms with van der Waals surface area (Å²) < 4.78 is 0. The molecule has 1 amide bonds. The van der Waals surface area contributed by atoms with Crippen molar-refractivity contribution in [2.24, 2.45) is 5.73 Å². The Morgan fingerprint density at radius 3 is 2.75 bits per heavy atom. The van der Waals surface area contributed by atoms with Crippen LogP contribution in [-0.2, 0) is 17.8 Å². The van der Waals surface area contributed by atoms with Crippen LogP contribution in [0.4, 0.5) is 0 Å². The summed E-state index contributed by atoms with van der Waals surface area (Å²) in [6, 6.07) is 6.07. The fourth-order valence-corrected chi connectivity index (χ4v) is 2.47. The molecule has 0 aliphatic rings. The van der Waals surface area contributed by atoms with Crippen molar-refractivity contribution in [3.63, 3.8) is 0 Å². The third-order valence-corrected chi connectivity index (χ3v) is 3.78. The predicted molar refractivity (Wildman–Crippen MR) is 78.5 cm³/mol. The Morgan fingerprint density at radius 1 is 1.45 bits per heavy atom. The molecule has 1 aromatic carbocycles. The van der Waals surface area contributed by atoms with E-state index in [0.717, 1.165) is 16.3 Å². The summed E-state index contributed by atoms with van der Waals surface area (Å²) in [5, 5.41) is 14.8. The maximum atomic E-state index is 11.9. The Balaban J connectivity index is 1.84. The average Bonchev–Trinajstić information content (AvgIpc) is 2.84. The van der Waals surface area contributed by atoms with E-state index in [9.17, 15) is 9.90 Å². The van der Waals surface area contributed by atoms with Crippen LogP contribution >= 0.6 is 11.3 Å². The first-order chi connectivity index (χ1) is 9.54. The molecule has 20 heavy (non-hydrogen) atoms. The van der Waals surface area contributed by atoms with Crippen molar-refractivity contribution in [3.8, 4) is 5.75 Å². The van der Waals surface area contributed by atoms with E-state index in [1.165, 1.54) is 11.3 Å². The van der Waals surface area contributed by atoms with Crippen LogP contribution < -0.4 is 11.1 Å². The summed E-state index contributed by atoms with van der Waals surface area (Å²) in [5.41, 5.74) is 7.73. The van der Waals surface area contributed by atoms with Gasteiger partial charge < -0.3 is 16.2 Å². The molecule has 1 heterocycles. The van der Waals surface area contributed by atoms with Crippen molar-refractivity contribution in [2.75, 3.05) is 0 Å². The van der Waals surface area contributed by atoms with E-state index in [0.29, 0.717) is 13.0 Å². The van der Waals surface area contributed by atoms with Gasteiger partial charge in [0.15, 0.2) is 0 Å². The van der Waals surface area contributed by atoms with Gasteiger partial charge >= 0.3 is 0 Å². The van der Waals surface area contributed by atoms with Gasteiger partial charge in [0.1, 0.15) is 10.8 Å². The standard InChI is InChI=1S/C14H17N3O2S/c1-9-8-20-13(17-9)7-16-14(19)12(15)6-10-2-4-11(18)5-3-10/h2-5,8,12,18H,6-7,15H2,1H3,(H,16,19). The highest BCUT2D eigenvalue weighted by Gasteiger charge is 2.14. The lowest BCUT2D eigenvalue weighted by molar-refractivity contribution is -0.122. The minimum absolute atomic E-state index is 0.200. The van der Waals surface area contributed by atoms with Crippen LogP contribution in [0.1, 0.15) is 16.3 Å². The Hall–Kier alpha value is -1.92. The summed E-state index contributed by atoms with van der Waals surface area (Å²) in [6.45, 7) is 2.32. The number of benzene rings is 1. The number of aromatic nitrogens is 1. The average molecular weight is 291 g/mol. The smallest absolute Gasteiger partial charge is 0.237 e. The molecule has 0 saturated heterocycles. The van der Waals surface area contributed by atoms with Gasteiger partial charge in [-0.05, 0) is 31.0 Å². The van der Waals surface area contributed by atoms with Crippen LogP contribution in [-0.4, -0.2) is 22.0 Å². The summed E-state index contributed by atoms with van der Waals surface area (Å²) in [7, 11) is 0. The van der Waals surface area contributed by atoms with Crippen LogP contribution in [0, 0.1) is 6.92 Å². The zero-order valence-electron chi connectivity index (χ0n) is 11.2. The second kappa shape index (κ2) is 6.49. The molecule has 5 nitrogen and oxygen atoms in total. The van der Waals surface area contributed by atoms with Gasteiger partial charge in [-0.25, -0.2) is 4.98 Å². The molecular formula is C14H17N3O2S. The van der Waals surface area contributed by atoms with Crippen LogP contribution in [0.3, 0.4) is 0 Å². The highest BCUT2D eigenvalue weighted by molar-refractivity contribution is 7.09. The number of hydrogen-bond acceptors (Lipinski definition) is 5. The maximum absolute atomic E-state index is 11.9. The number of aryl methyl sites for hydroxylation is 1. The van der Waals surface area contributed by atoms with Gasteiger partial charge in [-0.2, -0.15) is 0 Å². The van der Waals surface area contributed by atoms with E-state index >= 15 is 0 Å². The number of aromatic hydroxyl groups is 1. The van der Waals surface area contributed by atoms with Crippen molar-refractivity contribution in [1.29, 1.82) is 0 Å². The quantitative estimate of drug-likeness (QED) is 0.775. The molecule has 0 aliphatic heterocycles. The minimum atomic E-state index is -0.611. The molecule has 0 spiro atoms. The normalized spacial score (nSPS) is 12.1. The van der Waals surface area contributed by atoms with Crippen LogP contribution in [0.25, 0.3) is 0 Å². The molecule has 0 saturated carbocycles. The molecule has 0 bridgehead atoms. The number of nitrogens with two attached hydrogens (primary N) is 1. The van der Waals surface area contributed by atoms with Crippen LogP contribution in [0.2, 0.25) is 0 Å². The third kappa shape index (κ3) is 4.04. The topological polar surface area (TPSA) is 88.2 Å². The van der Waals surface area contributed by atoms with Crippen molar-refractivity contribution in [1.82, 2.24) is 10.3 Å². The van der Waals surface area contributed by atoms with Gasteiger partial charge in [0.2, 0.25) is 5.91 Å². The number of nitrogens with zero attached hydrogens (tertiary/aromatic N) is 1. The summed E-state index contributed by atoms with van der Waals surface area (Å²) >= 11 is 1.51. The number of phenols is 1. The van der Waals surface area contributed by atoms with Gasteiger partial charge in [-0.3, -0.25) is 4.79 Å². The van der Waals surface area contributed by atoms with Gasteiger partial charge in [0.25, 0.3) is 0 Å². The van der Waals surface area contributed by atoms with E-state index < -0.39 is 6.04 Å². The number of carbonyl (C=O) groups excluding carboxylic acids is 1. The first-order valence-electron chi connectivity index (χ1n) is 6.27. The predicted octanol–water partition coefficient (Wildman–Crippen LogP) is 1.34. The summed E-state index contributed by atoms with van der Waals surface area (Å²) in [6.07, 6.45) is 0.434. The van der Waals surface area contributed by atoms with Gasteiger partial charge in [0, 0.05) is 11.1 Å². The molecule has 0 fully saturated rings. The Labute approximate surface area is 121 Å². The first-order valence-corrected chi connectivity index (χ1v) is 7.15. The van der Waals surface area contributed by atoms with E-state index in [1.54, 1.807) is 24.3 Å². The lowest BCUT2D eigenvalue weighted by atomic mass is 10.1. The Kier molecular flexibility index (Phi) is 4.70.